The lowest BCUT2D eigenvalue weighted by Gasteiger charge is -2.36. The SMILES string of the molecule is O=C(Nc1ccc(N2CCN(C(=O)c3ccccc3)CC2)c(Cl)c1)c1ccccc1I. The number of halogens is 2. The van der Waals surface area contributed by atoms with Crippen molar-refractivity contribution >= 4 is 57.4 Å². The molecule has 4 rings (SSSR count). The first-order valence-corrected chi connectivity index (χ1v) is 11.4. The van der Waals surface area contributed by atoms with Gasteiger partial charge in [-0.05, 0) is 65.1 Å². The summed E-state index contributed by atoms with van der Waals surface area (Å²) in [5.74, 6) is -0.109. The van der Waals surface area contributed by atoms with Crippen molar-refractivity contribution in [2.45, 2.75) is 0 Å². The molecule has 1 N–H and O–H groups in total. The van der Waals surface area contributed by atoms with Gasteiger partial charge in [-0.25, -0.2) is 0 Å². The summed E-state index contributed by atoms with van der Waals surface area (Å²) in [5.41, 5.74) is 2.89. The van der Waals surface area contributed by atoms with E-state index in [9.17, 15) is 9.59 Å². The minimum Gasteiger partial charge on any atom is -0.367 e. The van der Waals surface area contributed by atoms with Gasteiger partial charge in [-0.15, -0.1) is 0 Å². The van der Waals surface area contributed by atoms with E-state index < -0.39 is 0 Å². The van der Waals surface area contributed by atoms with Crippen LogP contribution in [0.3, 0.4) is 0 Å². The third-order valence-electron chi connectivity index (χ3n) is 5.25. The highest BCUT2D eigenvalue weighted by atomic mass is 127. The molecule has 158 valence electrons. The number of rotatable bonds is 4. The minimum absolute atomic E-state index is 0.0555. The summed E-state index contributed by atoms with van der Waals surface area (Å²) in [6.07, 6.45) is 0. The molecule has 0 spiro atoms. The Morgan fingerprint density at radius 3 is 2.23 bits per heavy atom. The molecule has 1 fully saturated rings. The molecule has 1 aliphatic rings. The molecule has 0 unspecified atom stereocenters. The molecule has 3 aromatic carbocycles. The van der Waals surface area contributed by atoms with Gasteiger partial charge in [0.1, 0.15) is 0 Å². The predicted molar refractivity (Wildman–Crippen MR) is 133 cm³/mol. The Balaban J connectivity index is 1.39. The summed E-state index contributed by atoms with van der Waals surface area (Å²) in [5, 5.41) is 3.48. The summed E-state index contributed by atoms with van der Waals surface area (Å²) >= 11 is 8.69. The Morgan fingerprint density at radius 2 is 1.55 bits per heavy atom. The van der Waals surface area contributed by atoms with Crippen molar-refractivity contribution in [3.05, 3.63) is 92.5 Å². The molecule has 0 saturated carbocycles. The molecule has 5 nitrogen and oxygen atoms in total. The van der Waals surface area contributed by atoms with Gasteiger partial charge in [-0.3, -0.25) is 9.59 Å². The van der Waals surface area contributed by atoms with Gasteiger partial charge in [-0.1, -0.05) is 41.9 Å². The van der Waals surface area contributed by atoms with Crippen LogP contribution in [0.15, 0.2) is 72.8 Å². The lowest BCUT2D eigenvalue weighted by molar-refractivity contribution is 0.0746. The molecule has 1 heterocycles. The first-order chi connectivity index (χ1) is 15.0. The van der Waals surface area contributed by atoms with Crippen LogP contribution in [-0.2, 0) is 0 Å². The fourth-order valence-corrected chi connectivity index (χ4v) is 4.53. The second kappa shape index (κ2) is 9.70. The van der Waals surface area contributed by atoms with Crippen molar-refractivity contribution in [1.82, 2.24) is 4.90 Å². The maximum atomic E-state index is 12.6. The predicted octanol–water partition coefficient (Wildman–Crippen LogP) is 5.16. The second-order valence-electron chi connectivity index (χ2n) is 7.25. The summed E-state index contributed by atoms with van der Waals surface area (Å²) in [6.45, 7) is 2.67. The minimum atomic E-state index is -0.165. The number of piperazine rings is 1. The number of hydrogen-bond donors (Lipinski definition) is 1. The fourth-order valence-electron chi connectivity index (χ4n) is 3.60. The highest BCUT2D eigenvalue weighted by molar-refractivity contribution is 14.1. The van der Waals surface area contributed by atoms with E-state index in [-0.39, 0.29) is 11.8 Å². The molecular formula is C24H21ClIN3O2. The van der Waals surface area contributed by atoms with Gasteiger partial charge in [0.25, 0.3) is 11.8 Å². The summed E-state index contributed by atoms with van der Waals surface area (Å²) < 4.78 is 0.892. The number of carbonyl (C=O) groups excluding carboxylic acids is 2. The monoisotopic (exact) mass is 545 g/mol. The van der Waals surface area contributed by atoms with Crippen LogP contribution in [0.5, 0.6) is 0 Å². The number of benzene rings is 3. The topological polar surface area (TPSA) is 52.7 Å². The molecule has 31 heavy (non-hydrogen) atoms. The lowest BCUT2D eigenvalue weighted by atomic mass is 10.1. The normalized spacial score (nSPS) is 13.7. The maximum absolute atomic E-state index is 12.6. The molecule has 7 heteroatoms. The second-order valence-corrected chi connectivity index (χ2v) is 8.81. The van der Waals surface area contributed by atoms with Gasteiger partial charge in [0, 0.05) is 41.0 Å². The van der Waals surface area contributed by atoms with Gasteiger partial charge in [0.05, 0.1) is 16.3 Å². The van der Waals surface area contributed by atoms with Crippen LogP contribution in [0.2, 0.25) is 5.02 Å². The van der Waals surface area contributed by atoms with Crippen molar-refractivity contribution in [2.24, 2.45) is 0 Å². The Labute approximate surface area is 200 Å². The van der Waals surface area contributed by atoms with Crippen LogP contribution < -0.4 is 10.2 Å². The van der Waals surface area contributed by atoms with E-state index >= 15 is 0 Å². The molecule has 0 radical (unpaired) electrons. The number of nitrogens with zero attached hydrogens (tertiary/aromatic N) is 2. The van der Waals surface area contributed by atoms with Crippen molar-refractivity contribution in [3.63, 3.8) is 0 Å². The van der Waals surface area contributed by atoms with Crippen LogP contribution in [0.4, 0.5) is 11.4 Å². The van der Waals surface area contributed by atoms with Crippen molar-refractivity contribution in [2.75, 3.05) is 36.4 Å². The molecule has 1 aliphatic heterocycles. The average molecular weight is 546 g/mol. The zero-order chi connectivity index (χ0) is 21.8. The zero-order valence-electron chi connectivity index (χ0n) is 16.7. The van der Waals surface area contributed by atoms with E-state index in [1.807, 2.05) is 65.6 Å². The third-order valence-corrected chi connectivity index (χ3v) is 6.50. The van der Waals surface area contributed by atoms with Crippen LogP contribution in [-0.4, -0.2) is 42.9 Å². The number of carbonyl (C=O) groups is 2. The Kier molecular flexibility index (Phi) is 6.77. The molecular weight excluding hydrogens is 525 g/mol. The van der Waals surface area contributed by atoms with Gasteiger partial charge in [0.2, 0.25) is 0 Å². The summed E-state index contributed by atoms with van der Waals surface area (Å²) in [4.78, 5) is 29.2. The average Bonchev–Trinajstić information content (AvgIpc) is 2.80. The van der Waals surface area contributed by atoms with Crippen molar-refractivity contribution in [1.29, 1.82) is 0 Å². The molecule has 1 saturated heterocycles. The van der Waals surface area contributed by atoms with Crippen LogP contribution in [0.1, 0.15) is 20.7 Å². The van der Waals surface area contributed by atoms with Crippen LogP contribution in [0, 0.1) is 3.57 Å². The lowest BCUT2D eigenvalue weighted by Crippen LogP contribution is -2.48. The van der Waals surface area contributed by atoms with Gasteiger partial charge >= 0.3 is 0 Å². The molecule has 3 aromatic rings. The largest absolute Gasteiger partial charge is 0.367 e. The van der Waals surface area contributed by atoms with E-state index in [1.165, 1.54) is 0 Å². The highest BCUT2D eigenvalue weighted by Crippen LogP contribution is 2.30. The molecule has 0 aromatic heterocycles. The first-order valence-electron chi connectivity index (χ1n) is 9.97. The molecule has 0 bridgehead atoms. The van der Waals surface area contributed by atoms with E-state index in [1.54, 1.807) is 12.1 Å². The third kappa shape index (κ3) is 5.02. The molecule has 2 amide bonds. The number of anilines is 2. The Hall–Kier alpha value is -2.58. The van der Waals surface area contributed by atoms with E-state index in [0.717, 1.165) is 9.26 Å². The van der Waals surface area contributed by atoms with Crippen LogP contribution in [0.25, 0.3) is 0 Å². The quantitative estimate of drug-likeness (QED) is 0.461. The van der Waals surface area contributed by atoms with E-state index in [2.05, 4.69) is 32.8 Å². The van der Waals surface area contributed by atoms with Crippen molar-refractivity contribution < 1.29 is 9.59 Å². The first kappa shape index (κ1) is 21.6. The Morgan fingerprint density at radius 1 is 0.871 bits per heavy atom. The van der Waals surface area contributed by atoms with Gasteiger partial charge < -0.3 is 15.1 Å². The Bertz CT molecular complexity index is 1100. The number of amides is 2. The zero-order valence-corrected chi connectivity index (χ0v) is 19.6. The van der Waals surface area contributed by atoms with E-state index in [0.29, 0.717) is 48.0 Å². The maximum Gasteiger partial charge on any atom is 0.256 e. The standard InChI is InChI=1S/C24H21ClIN3O2/c25-20-16-18(27-23(30)19-8-4-5-9-21(19)26)10-11-22(20)28-12-14-29(15-13-28)24(31)17-6-2-1-3-7-17/h1-11,16H,12-15H2,(H,27,30). The van der Waals surface area contributed by atoms with Crippen LogP contribution >= 0.6 is 34.2 Å². The summed E-state index contributed by atoms with van der Waals surface area (Å²) in [6, 6.07) is 22.3. The summed E-state index contributed by atoms with van der Waals surface area (Å²) in [7, 11) is 0. The highest BCUT2D eigenvalue weighted by Gasteiger charge is 2.23. The number of nitrogens with one attached hydrogen (secondary N) is 1. The smallest absolute Gasteiger partial charge is 0.256 e. The fraction of sp³-hybridized carbons (Fsp3) is 0.167. The number of hydrogen-bond acceptors (Lipinski definition) is 3. The molecule has 0 atom stereocenters. The van der Waals surface area contributed by atoms with Gasteiger partial charge in [0.15, 0.2) is 0 Å². The van der Waals surface area contributed by atoms with Gasteiger partial charge in [-0.2, -0.15) is 0 Å². The molecule has 0 aliphatic carbocycles. The van der Waals surface area contributed by atoms with E-state index in [4.69, 9.17) is 11.6 Å². The van der Waals surface area contributed by atoms with Crippen molar-refractivity contribution in [3.8, 4) is 0 Å².